The zero-order valence-electron chi connectivity index (χ0n) is 9.25. The molecule has 1 N–H and O–H groups in total. The zero-order valence-corrected chi connectivity index (χ0v) is 10.8. The van der Waals surface area contributed by atoms with Gasteiger partial charge in [-0.05, 0) is 31.1 Å². The number of benzene rings is 1. The lowest BCUT2D eigenvalue weighted by Gasteiger charge is -2.08. The molecule has 5 heteroatoms. The number of carbonyl (C=O) groups is 2. The molecular weight excluding hydrogens is 263 g/mol. The monoisotopic (exact) mass is 272 g/mol. The number of allylic oxidation sites excluding steroid dienone is 1. The fourth-order valence-corrected chi connectivity index (χ4v) is 1.95. The van der Waals surface area contributed by atoms with E-state index in [1.54, 1.807) is 18.2 Å². The largest absolute Gasteiger partial charge is 0.478 e. The van der Waals surface area contributed by atoms with Crippen molar-refractivity contribution in [2.75, 3.05) is 0 Å². The molecule has 0 saturated carbocycles. The normalized spacial score (nSPS) is 12.0. The van der Waals surface area contributed by atoms with Crippen molar-refractivity contribution in [3.63, 3.8) is 0 Å². The molecule has 0 spiro atoms. The molecule has 0 atom stereocenters. The topological polar surface area (TPSA) is 54.4 Å². The minimum atomic E-state index is -1.27. The number of aliphatic carboxylic acids is 1. The molecule has 0 saturated heterocycles. The Labute approximate surface area is 109 Å². The Hall–Kier alpha value is -1.32. The van der Waals surface area contributed by atoms with Gasteiger partial charge in [-0.1, -0.05) is 35.3 Å². The fourth-order valence-electron chi connectivity index (χ4n) is 1.50. The Morgan fingerprint density at radius 1 is 1.18 bits per heavy atom. The van der Waals surface area contributed by atoms with Crippen LogP contribution >= 0.6 is 23.2 Å². The van der Waals surface area contributed by atoms with Crippen LogP contribution in [0.25, 0.3) is 5.57 Å². The quantitative estimate of drug-likeness (QED) is 0.521. The molecule has 0 radical (unpaired) electrons. The number of Topliss-reactive ketones (excluding diaryl/α,β-unsaturated/α-hetero) is 1. The molecule has 0 amide bonds. The van der Waals surface area contributed by atoms with Crippen molar-refractivity contribution in [1.29, 1.82) is 0 Å². The zero-order chi connectivity index (χ0) is 13.2. The molecule has 0 unspecified atom stereocenters. The third kappa shape index (κ3) is 2.87. The van der Waals surface area contributed by atoms with Crippen molar-refractivity contribution in [3.05, 3.63) is 39.4 Å². The van der Waals surface area contributed by atoms with E-state index in [0.29, 0.717) is 16.2 Å². The summed E-state index contributed by atoms with van der Waals surface area (Å²) in [6.45, 7) is 2.73. The maximum Gasteiger partial charge on any atom is 0.339 e. The van der Waals surface area contributed by atoms with Gasteiger partial charge >= 0.3 is 5.97 Å². The molecule has 17 heavy (non-hydrogen) atoms. The first-order chi connectivity index (χ1) is 7.86. The highest BCUT2D eigenvalue weighted by Gasteiger charge is 2.19. The van der Waals surface area contributed by atoms with Crippen LogP contribution in [0.4, 0.5) is 0 Å². The molecule has 1 rings (SSSR count). The Bertz CT molecular complexity index is 502. The average Bonchev–Trinajstić information content (AvgIpc) is 2.20. The SMILES string of the molecule is CC(=O)C(C(=O)O)=C(C)c1cccc(Cl)c1Cl. The lowest BCUT2D eigenvalue weighted by Crippen LogP contribution is -2.11. The van der Waals surface area contributed by atoms with Crippen LogP contribution in [0.3, 0.4) is 0 Å². The van der Waals surface area contributed by atoms with Gasteiger partial charge in [0.2, 0.25) is 0 Å². The van der Waals surface area contributed by atoms with Crippen molar-refractivity contribution in [3.8, 4) is 0 Å². The summed E-state index contributed by atoms with van der Waals surface area (Å²) in [6, 6.07) is 4.86. The van der Waals surface area contributed by atoms with Crippen LogP contribution in [0.2, 0.25) is 10.0 Å². The summed E-state index contributed by atoms with van der Waals surface area (Å²) in [7, 11) is 0. The summed E-state index contributed by atoms with van der Waals surface area (Å²) in [5, 5.41) is 9.54. The van der Waals surface area contributed by atoms with Crippen LogP contribution < -0.4 is 0 Å². The van der Waals surface area contributed by atoms with Crippen LogP contribution in [0.15, 0.2) is 23.8 Å². The Morgan fingerprint density at radius 3 is 2.24 bits per heavy atom. The average molecular weight is 273 g/mol. The van der Waals surface area contributed by atoms with E-state index in [4.69, 9.17) is 28.3 Å². The minimum Gasteiger partial charge on any atom is -0.478 e. The van der Waals surface area contributed by atoms with Crippen molar-refractivity contribution < 1.29 is 14.7 Å². The predicted molar refractivity (Wildman–Crippen MR) is 67.4 cm³/mol. The van der Waals surface area contributed by atoms with E-state index >= 15 is 0 Å². The smallest absolute Gasteiger partial charge is 0.339 e. The number of ketones is 1. The number of halogens is 2. The molecule has 0 aromatic heterocycles. The Kier molecular flexibility index (Phi) is 4.32. The number of carboxylic acid groups (broad SMARTS) is 1. The van der Waals surface area contributed by atoms with Gasteiger partial charge in [0.25, 0.3) is 0 Å². The summed E-state index contributed by atoms with van der Waals surface area (Å²) >= 11 is 11.8. The highest BCUT2D eigenvalue weighted by Crippen LogP contribution is 2.31. The molecule has 0 aliphatic carbocycles. The molecule has 0 aliphatic heterocycles. The van der Waals surface area contributed by atoms with E-state index < -0.39 is 11.8 Å². The van der Waals surface area contributed by atoms with Gasteiger partial charge < -0.3 is 5.11 Å². The molecule has 90 valence electrons. The maximum atomic E-state index is 11.3. The molecule has 1 aromatic carbocycles. The minimum absolute atomic E-state index is 0.242. The van der Waals surface area contributed by atoms with E-state index in [1.807, 2.05) is 0 Å². The highest BCUT2D eigenvalue weighted by molar-refractivity contribution is 6.43. The summed E-state index contributed by atoms with van der Waals surface area (Å²) in [4.78, 5) is 22.3. The predicted octanol–water partition coefficient (Wildman–Crippen LogP) is 3.44. The molecule has 1 aromatic rings. The lowest BCUT2D eigenvalue weighted by molar-refractivity contribution is -0.134. The molecule has 0 fully saturated rings. The fraction of sp³-hybridized carbons (Fsp3) is 0.167. The lowest BCUT2D eigenvalue weighted by atomic mass is 9.99. The second-order valence-electron chi connectivity index (χ2n) is 3.46. The first-order valence-electron chi connectivity index (χ1n) is 4.75. The van der Waals surface area contributed by atoms with Crippen LogP contribution in [-0.2, 0) is 9.59 Å². The molecular formula is C12H10Cl2O3. The number of carboxylic acids is 1. The van der Waals surface area contributed by atoms with Gasteiger partial charge in [0.05, 0.1) is 10.0 Å². The number of rotatable bonds is 3. The van der Waals surface area contributed by atoms with Crippen molar-refractivity contribution in [2.24, 2.45) is 0 Å². The first kappa shape index (κ1) is 13.7. The van der Waals surface area contributed by atoms with Gasteiger partial charge in [0.1, 0.15) is 5.57 Å². The Balaban J connectivity index is 3.50. The van der Waals surface area contributed by atoms with Crippen molar-refractivity contribution in [2.45, 2.75) is 13.8 Å². The molecule has 0 heterocycles. The van der Waals surface area contributed by atoms with Crippen LogP contribution in [0.5, 0.6) is 0 Å². The highest BCUT2D eigenvalue weighted by atomic mass is 35.5. The van der Waals surface area contributed by atoms with E-state index in [1.165, 1.54) is 13.8 Å². The second-order valence-corrected chi connectivity index (χ2v) is 4.25. The van der Waals surface area contributed by atoms with Crippen LogP contribution in [0.1, 0.15) is 19.4 Å². The summed E-state index contributed by atoms with van der Waals surface area (Å²) in [5.41, 5.74) is 0.471. The van der Waals surface area contributed by atoms with Crippen molar-refractivity contribution >= 4 is 40.5 Å². The molecule has 3 nitrogen and oxygen atoms in total. The van der Waals surface area contributed by atoms with E-state index in [-0.39, 0.29) is 10.6 Å². The van der Waals surface area contributed by atoms with Gasteiger partial charge in [-0.25, -0.2) is 4.79 Å². The van der Waals surface area contributed by atoms with Gasteiger partial charge in [-0.2, -0.15) is 0 Å². The third-order valence-electron chi connectivity index (χ3n) is 2.30. The summed E-state index contributed by atoms with van der Waals surface area (Å²) in [6.07, 6.45) is 0. The van der Waals surface area contributed by atoms with E-state index in [0.717, 1.165) is 0 Å². The van der Waals surface area contributed by atoms with Gasteiger partial charge in [0.15, 0.2) is 5.78 Å². The molecule has 0 bridgehead atoms. The van der Waals surface area contributed by atoms with Crippen LogP contribution in [-0.4, -0.2) is 16.9 Å². The summed E-state index contributed by atoms with van der Waals surface area (Å²) in [5.74, 6) is -1.79. The third-order valence-corrected chi connectivity index (χ3v) is 3.12. The van der Waals surface area contributed by atoms with E-state index in [2.05, 4.69) is 0 Å². The maximum absolute atomic E-state index is 11.3. The van der Waals surface area contributed by atoms with Gasteiger partial charge in [-0.3, -0.25) is 4.79 Å². The van der Waals surface area contributed by atoms with Gasteiger partial charge in [-0.15, -0.1) is 0 Å². The van der Waals surface area contributed by atoms with Gasteiger partial charge in [0, 0.05) is 0 Å². The second kappa shape index (κ2) is 5.34. The summed E-state index contributed by atoms with van der Waals surface area (Å²) < 4.78 is 0. The first-order valence-corrected chi connectivity index (χ1v) is 5.51. The number of hydrogen-bond donors (Lipinski definition) is 1. The Morgan fingerprint density at radius 2 is 1.76 bits per heavy atom. The standard InChI is InChI=1S/C12H10Cl2O3/c1-6(10(7(2)15)12(16)17)8-4-3-5-9(13)11(8)14/h3-5H,1-2H3,(H,16,17). The number of carbonyl (C=O) groups excluding carboxylic acids is 1. The van der Waals surface area contributed by atoms with Crippen molar-refractivity contribution in [1.82, 2.24) is 0 Å². The van der Waals surface area contributed by atoms with E-state index in [9.17, 15) is 9.59 Å². The number of hydrogen-bond acceptors (Lipinski definition) is 2. The van der Waals surface area contributed by atoms with Crippen LogP contribution in [0, 0.1) is 0 Å². The molecule has 0 aliphatic rings.